The van der Waals surface area contributed by atoms with Gasteiger partial charge in [-0.05, 0) is 146 Å². The summed E-state index contributed by atoms with van der Waals surface area (Å²) in [6, 6.07) is 71.9. The van der Waals surface area contributed by atoms with Crippen molar-refractivity contribution in [1.29, 1.82) is 0 Å². The SMILES string of the molecule is CC1(C)c2cc3ccccc3cc2-c2c1c1ccc(-c3ccc(-c4c5ccccc5c(-c5ccc6oc7ccccc7c6c5)c5ccccc45)cc3)cc1c1ccccc21. The Morgan fingerprint density at radius 2 is 0.800 bits per heavy atom. The Morgan fingerprint density at radius 3 is 1.48 bits per heavy atom. The third kappa shape index (κ3) is 4.63. The van der Waals surface area contributed by atoms with Gasteiger partial charge in [0.05, 0.1) is 0 Å². The van der Waals surface area contributed by atoms with E-state index < -0.39 is 0 Å². The molecule has 0 N–H and O–H groups in total. The summed E-state index contributed by atoms with van der Waals surface area (Å²) in [5.41, 5.74) is 14.7. The zero-order chi connectivity index (χ0) is 39.7. The zero-order valence-electron chi connectivity index (χ0n) is 33.4. The molecular formula is C59H38O. The Morgan fingerprint density at radius 1 is 0.317 bits per heavy atom. The van der Waals surface area contributed by atoms with Crippen LogP contribution in [0.1, 0.15) is 25.0 Å². The lowest BCUT2D eigenvalue weighted by Gasteiger charge is -2.24. The molecule has 0 aliphatic heterocycles. The first kappa shape index (κ1) is 33.5. The normalized spacial score (nSPS) is 13.3. The van der Waals surface area contributed by atoms with Crippen LogP contribution in [0.15, 0.2) is 199 Å². The molecule has 1 aliphatic rings. The second-order valence-electron chi connectivity index (χ2n) is 17.2. The zero-order valence-corrected chi connectivity index (χ0v) is 33.4. The Bertz CT molecular complexity index is 3730. The fourth-order valence-corrected chi connectivity index (χ4v) is 10.9. The maximum absolute atomic E-state index is 6.23. The van der Waals surface area contributed by atoms with Gasteiger partial charge in [-0.1, -0.05) is 172 Å². The van der Waals surface area contributed by atoms with Gasteiger partial charge >= 0.3 is 0 Å². The van der Waals surface area contributed by atoms with Gasteiger partial charge in [0, 0.05) is 16.2 Å². The van der Waals surface area contributed by atoms with Gasteiger partial charge < -0.3 is 4.42 Å². The van der Waals surface area contributed by atoms with Crippen molar-refractivity contribution in [2.24, 2.45) is 0 Å². The van der Waals surface area contributed by atoms with Gasteiger partial charge in [-0.15, -0.1) is 0 Å². The van der Waals surface area contributed by atoms with E-state index >= 15 is 0 Å². The molecule has 11 aromatic carbocycles. The number of hydrogen-bond donors (Lipinski definition) is 0. The van der Waals surface area contributed by atoms with Crippen LogP contribution in [0.2, 0.25) is 0 Å². The molecule has 12 aromatic rings. The first-order chi connectivity index (χ1) is 29.5. The van der Waals surface area contributed by atoms with E-state index in [1.54, 1.807) is 0 Å². The quantitative estimate of drug-likeness (QED) is 0.129. The van der Waals surface area contributed by atoms with Gasteiger partial charge in [-0.3, -0.25) is 0 Å². The van der Waals surface area contributed by atoms with Crippen molar-refractivity contribution in [3.63, 3.8) is 0 Å². The lowest BCUT2D eigenvalue weighted by Crippen LogP contribution is -2.15. The summed E-state index contributed by atoms with van der Waals surface area (Å²) in [7, 11) is 0. The third-order valence-electron chi connectivity index (χ3n) is 13.6. The first-order valence-corrected chi connectivity index (χ1v) is 21.0. The van der Waals surface area contributed by atoms with E-state index in [0.29, 0.717) is 0 Å². The monoisotopic (exact) mass is 762 g/mol. The highest BCUT2D eigenvalue weighted by molar-refractivity contribution is 6.23. The van der Waals surface area contributed by atoms with Crippen LogP contribution in [0, 0.1) is 0 Å². The van der Waals surface area contributed by atoms with E-state index in [2.05, 4.69) is 196 Å². The van der Waals surface area contributed by atoms with Crippen molar-refractivity contribution in [2.45, 2.75) is 19.3 Å². The fraction of sp³-hybridized carbons (Fsp3) is 0.0508. The van der Waals surface area contributed by atoms with E-state index in [0.717, 1.165) is 21.9 Å². The first-order valence-electron chi connectivity index (χ1n) is 21.0. The number of furan rings is 1. The molecule has 1 heteroatoms. The molecular weight excluding hydrogens is 725 g/mol. The van der Waals surface area contributed by atoms with Crippen LogP contribution in [0.3, 0.4) is 0 Å². The number of hydrogen-bond acceptors (Lipinski definition) is 1. The fourth-order valence-electron chi connectivity index (χ4n) is 10.9. The Balaban J connectivity index is 0.961. The van der Waals surface area contributed by atoms with Crippen LogP contribution in [-0.2, 0) is 5.41 Å². The standard InChI is InChI=1S/C59H38O/c1-59(2)52-34-38-14-4-3-13-37(38)32-51(52)57-43-17-6-5-15-41(43)49-31-39(27-29-48(49)58(57)59)35-23-25-36(26-24-35)55-44-18-7-9-20-46(44)56(47-21-10-8-19-45(47)55)40-28-30-54-50(33-40)42-16-11-12-22-53(42)60-54/h3-34H,1-2H3. The summed E-state index contributed by atoms with van der Waals surface area (Å²) in [4.78, 5) is 0. The van der Waals surface area contributed by atoms with Crippen LogP contribution in [0.5, 0.6) is 0 Å². The van der Waals surface area contributed by atoms with Gasteiger partial charge in [0.15, 0.2) is 0 Å². The summed E-state index contributed by atoms with van der Waals surface area (Å²) < 4.78 is 6.23. The predicted molar refractivity (Wildman–Crippen MR) is 255 cm³/mol. The van der Waals surface area contributed by atoms with E-state index in [1.165, 1.54) is 109 Å². The topological polar surface area (TPSA) is 13.1 Å². The Kier molecular flexibility index (Phi) is 6.85. The molecule has 1 aromatic heterocycles. The molecule has 0 amide bonds. The second-order valence-corrected chi connectivity index (χ2v) is 17.2. The molecule has 0 radical (unpaired) electrons. The van der Waals surface area contributed by atoms with E-state index in [1.807, 2.05) is 12.1 Å². The lowest BCUT2D eigenvalue weighted by molar-refractivity contribution is 0.667. The average Bonchev–Trinajstić information content (AvgIpc) is 3.78. The van der Waals surface area contributed by atoms with Crippen LogP contribution in [-0.4, -0.2) is 0 Å². The van der Waals surface area contributed by atoms with Gasteiger partial charge in [-0.25, -0.2) is 0 Å². The van der Waals surface area contributed by atoms with E-state index in [-0.39, 0.29) is 5.41 Å². The van der Waals surface area contributed by atoms with Crippen molar-refractivity contribution < 1.29 is 4.42 Å². The van der Waals surface area contributed by atoms with Gasteiger partial charge in [0.25, 0.3) is 0 Å². The highest BCUT2D eigenvalue weighted by Gasteiger charge is 2.38. The largest absolute Gasteiger partial charge is 0.456 e. The molecule has 13 rings (SSSR count). The predicted octanol–water partition coefficient (Wildman–Crippen LogP) is 16.7. The minimum absolute atomic E-state index is 0.137. The number of rotatable bonds is 3. The van der Waals surface area contributed by atoms with Crippen LogP contribution >= 0.6 is 0 Å². The van der Waals surface area contributed by atoms with Crippen molar-refractivity contribution in [1.82, 2.24) is 0 Å². The van der Waals surface area contributed by atoms with Crippen LogP contribution in [0.4, 0.5) is 0 Å². The molecule has 0 unspecified atom stereocenters. The molecule has 280 valence electrons. The van der Waals surface area contributed by atoms with Gasteiger partial charge in [0.2, 0.25) is 0 Å². The van der Waals surface area contributed by atoms with Crippen molar-refractivity contribution in [3.8, 4) is 44.5 Å². The molecule has 0 spiro atoms. The maximum atomic E-state index is 6.23. The smallest absolute Gasteiger partial charge is 0.135 e. The minimum atomic E-state index is -0.137. The highest BCUT2D eigenvalue weighted by atomic mass is 16.3. The molecule has 1 nitrogen and oxygen atoms in total. The summed E-state index contributed by atoms with van der Waals surface area (Å²) >= 11 is 0. The molecule has 0 atom stereocenters. The van der Waals surface area contributed by atoms with Crippen molar-refractivity contribution in [3.05, 3.63) is 205 Å². The molecule has 0 fully saturated rings. The molecule has 60 heavy (non-hydrogen) atoms. The van der Waals surface area contributed by atoms with E-state index in [9.17, 15) is 0 Å². The summed E-state index contributed by atoms with van der Waals surface area (Å²) in [5, 5.41) is 15.2. The van der Waals surface area contributed by atoms with Crippen molar-refractivity contribution >= 4 is 75.8 Å². The Hall–Kier alpha value is -7.48. The summed E-state index contributed by atoms with van der Waals surface area (Å²) in [6.45, 7) is 4.82. The van der Waals surface area contributed by atoms with Gasteiger partial charge in [0.1, 0.15) is 11.2 Å². The molecule has 0 bridgehead atoms. The van der Waals surface area contributed by atoms with Crippen molar-refractivity contribution in [2.75, 3.05) is 0 Å². The van der Waals surface area contributed by atoms with E-state index in [4.69, 9.17) is 4.42 Å². The molecule has 1 aliphatic carbocycles. The summed E-state index contributed by atoms with van der Waals surface area (Å²) in [6.07, 6.45) is 0. The van der Waals surface area contributed by atoms with Gasteiger partial charge in [-0.2, -0.15) is 0 Å². The Labute approximate surface area is 347 Å². The molecule has 0 saturated heterocycles. The lowest BCUT2D eigenvalue weighted by atomic mass is 9.78. The number of benzene rings is 11. The molecule has 0 saturated carbocycles. The minimum Gasteiger partial charge on any atom is -0.456 e. The number of para-hydroxylation sites is 1. The van der Waals surface area contributed by atoms with Crippen LogP contribution in [0.25, 0.3) is 120 Å². The third-order valence-corrected chi connectivity index (χ3v) is 13.6. The second kappa shape index (κ2) is 12.3. The van der Waals surface area contributed by atoms with Crippen LogP contribution < -0.4 is 0 Å². The number of fused-ring (bicyclic) bond motifs is 14. The maximum Gasteiger partial charge on any atom is 0.135 e. The molecule has 1 heterocycles. The highest BCUT2D eigenvalue weighted by Crippen LogP contribution is 2.56. The average molecular weight is 763 g/mol. The summed E-state index contributed by atoms with van der Waals surface area (Å²) in [5.74, 6) is 0.